The van der Waals surface area contributed by atoms with E-state index in [-0.39, 0.29) is 6.61 Å². The Balaban J connectivity index is 1.91. The third-order valence-corrected chi connectivity index (χ3v) is 3.47. The average molecular weight is 281 g/mol. The molecule has 0 amide bonds. The predicted molar refractivity (Wildman–Crippen MR) is 79.6 cm³/mol. The molecule has 0 fully saturated rings. The summed E-state index contributed by atoms with van der Waals surface area (Å²) in [4.78, 5) is 15.7. The van der Waals surface area contributed by atoms with Crippen LogP contribution < -0.4 is 4.74 Å². The lowest BCUT2D eigenvalue weighted by atomic mass is 10.0. The van der Waals surface area contributed by atoms with E-state index in [1.54, 1.807) is 6.07 Å². The second-order valence-corrected chi connectivity index (χ2v) is 4.85. The Morgan fingerprint density at radius 1 is 1.19 bits per heavy atom. The normalized spacial score (nSPS) is 10.8. The second-order valence-electron chi connectivity index (χ2n) is 4.85. The number of fused-ring (bicyclic) bond motifs is 1. The molecule has 4 heteroatoms. The molecule has 0 aliphatic rings. The lowest BCUT2D eigenvalue weighted by Crippen LogP contribution is -1.99. The van der Waals surface area contributed by atoms with Gasteiger partial charge in [-0.15, -0.1) is 0 Å². The Morgan fingerprint density at radius 2 is 2.00 bits per heavy atom. The van der Waals surface area contributed by atoms with Gasteiger partial charge in [0, 0.05) is 0 Å². The average Bonchev–Trinajstić information content (AvgIpc) is 2.83. The largest absolute Gasteiger partial charge is 0.483 e. The lowest BCUT2D eigenvalue weighted by molar-refractivity contribution is 0.112. The van der Waals surface area contributed by atoms with Crippen molar-refractivity contribution in [2.45, 2.75) is 20.5 Å². The summed E-state index contributed by atoms with van der Waals surface area (Å²) in [6, 6.07) is 11.5. The van der Waals surface area contributed by atoms with Crippen LogP contribution in [0.3, 0.4) is 0 Å². The van der Waals surface area contributed by atoms with Crippen LogP contribution in [0.15, 0.2) is 40.8 Å². The number of benzene rings is 2. The van der Waals surface area contributed by atoms with Gasteiger partial charge in [0.1, 0.15) is 11.5 Å². The van der Waals surface area contributed by atoms with Crippen molar-refractivity contribution in [3.63, 3.8) is 0 Å². The van der Waals surface area contributed by atoms with Crippen LogP contribution in [-0.4, -0.2) is 11.3 Å². The van der Waals surface area contributed by atoms with Gasteiger partial charge in [-0.25, -0.2) is 4.98 Å². The summed E-state index contributed by atoms with van der Waals surface area (Å²) in [6.07, 6.45) is 0.823. The first-order chi connectivity index (χ1) is 10.2. The number of aromatic nitrogens is 1. The van der Waals surface area contributed by atoms with E-state index in [2.05, 4.69) is 4.98 Å². The first-order valence-corrected chi connectivity index (χ1v) is 6.71. The fourth-order valence-electron chi connectivity index (χ4n) is 2.26. The Hall–Kier alpha value is -2.62. The molecule has 0 atom stereocenters. The molecule has 21 heavy (non-hydrogen) atoms. The van der Waals surface area contributed by atoms with E-state index in [1.165, 1.54) is 0 Å². The highest BCUT2D eigenvalue weighted by Crippen LogP contribution is 2.27. The van der Waals surface area contributed by atoms with E-state index in [1.807, 2.05) is 44.2 Å². The number of aldehydes is 1. The minimum Gasteiger partial charge on any atom is -0.483 e. The molecule has 3 rings (SSSR count). The molecule has 0 aliphatic heterocycles. The molecule has 1 heterocycles. The van der Waals surface area contributed by atoms with Gasteiger partial charge in [-0.1, -0.05) is 30.3 Å². The van der Waals surface area contributed by atoms with Crippen LogP contribution in [0.2, 0.25) is 0 Å². The standard InChI is InChI=1S/C17H15NO3/c1-11-12(2)21-17(18-11)10-20-16-8-7-13-5-3-4-6-14(13)15(16)9-19/h3-9H,10H2,1-2H3. The first-order valence-electron chi connectivity index (χ1n) is 6.71. The summed E-state index contributed by atoms with van der Waals surface area (Å²) in [5.41, 5.74) is 1.40. The van der Waals surface area contributed by atoms with Crippen molar-refractivity contribution in [2.75, 3.05) is 0 Å². The van der Waals surface area contributed by atoms with Gasteiger partial charge < -0.3 is 9.15 Å². The number of oxazole rings is 1. The van der Waals surface area contributed by atoms with Gasteiger partial charge in [-0.2, -0.15) is 0 Å². The molecule has 2 aromatic carbocycles. The zero-order valence-corrected chi connectivity index (χ0v) is 11.9. The van der Waals surface area contributed by atoms with E-state index in [9.17, 15) is 4.79 Å². The highest BCUT2D eigenvalue weighted by molar-refractivity contribution is 6.00. The molecule has 4 nitrogen and oxygen atoms in total. The van der Waals surface area contributed by atoms with Crippen molar-refractivity contribution < 1.29 is 13.9 Å². The minimum atomic E-state index is 0.202. The number of carbonyl (C=O) groups excluding carboxylic acids is 1. The number of hydrogen-bond donors (Lipinski definition) is 0. The number of rotatable bonds is 4. The summed E-state index contributed by atoms with van der Waals surface area (Å²) in [5, 5.41) is 1.89. The van der Waals surface area contributed by atoms with Crippen molar-refractivity contribution in [2.24, 2.45) is 0 Å². The fourth-order valence-corrected chi connectivity index (χ4v) is 2.26. The molecule has 0 radical (unpaired) electrons. The second kappa shape index (κ2) is 5.40. The fraction of sp³-hybridized carbons (Fsp3) is 0.176. The van der Waals surface area contributed by atoms with E-state index >= 15 is 0 Å². The van der Waals surface area contributed by atoms with Crippen LogP contribution in [-0.2, 0) is 6.61 Å². The van der Waals surface area contributed by atoms with E-state index in [0.29, 0.717) is 17.2 Å². The zero-order chi connectivity index (χ0) is 14.8. The molecule has 0 unspecified atom stereocenters. The maximum atomic E-state index is 11.4. The van der Waals surface area contributed by atoms with Gasteiger partial charge in [0.15, 0.2) is 12.9 Å². The molecule has 0 spiro atoms. The Bertz CT molecular complexity index is 785. The van der Waals surface area contributed by atoms with Gasteiger partial charge in [-0.05, 0) is 30.7 Å². The molecule has 0 saturated carbocycles. The highest BCUT2D eigenvalue weighted by atomic mass is 16.5. The predicted octanol–water partition coefficient (Wildman–Crippen LogP) is 3.84. The van der Waals surface area contributed by atoms with Crippen LogP contribution in [0.25, 0.3) is 10.8 Å². The molecule has 1 aromatic heterocycles. The van der Waals surface area contributed by atoms with Crippen molar-refractivity contribution in [3.8, 4) is 5.75 Å². The molecule has 3 aromatic rings. The van der Waals surface area contributed by atoms with Gasteiger partial charge in [0.25, 0.3) is 0 Å². The maximum absolute atomic E-state index is 11.4. The number of nitrogens with zero attached hydrogens (tertiary/aromatic N) is 1. The molecule has 106 valence electrons. The van der Waals surface area contributed by atoms with Crippen LogP contribution in [0.4, 0.5) is 0 Å². The van der Waals surface area contributed by atoms with Crippen molar-refractivity contribution >= 4 is 17.1 Å². The van der Waals surface area contributed by atoms with Crippen molar-refractivity contribution in [1.29, 1.82) is 0 Å². The maximum Gasteiger partial charge on any atom is 0.232 e. The molecule has 0 N–H and O–H groups in total. The molecular formula is C17H15NO3. The van der Waals surface area contributed by atoms with Crippen LogP contribution in [0.5, 0.6) is 5.75 Å². The number of carbonyl (C=O) groups is 1. The number of ether oxygens (including phenoxy) is 1. The summed E-state index contributed by atoms with van der Waals surface area (Å²) in [5.74, 6) is 1.83. The van der Waals surface area contributed by atoms with E-state index in [0.717, 1.165) is 28.5 Å². The topological polar surface area (TPSA) is 52.3 Å². The van der Waals surface area contributed by atoms with Crippen molar-refractivity contribution in [3.05, 3.63) is 59.3 Å². The zero-order valence-electron chi connectivity index (χ0n) is 11.9. The van der Waals surface area contributed by atoms with Crippen LogP contribution >= 0.6 is 0 Å². The van der Waals surface area contributed by atoms with Crippen LogP contribution in [0.1, 0.15) is 27.7 Å². The number of hydrogen-bond acceptors (Lipinski definition) is 4. The van der Waals surface area contributed by atoms with Gasteiger partial charge in [0.05, 0.1) is 11.3 Å². The Kier molecular flexibility index (Phi) is 3.44. The van der Waals surface area contributed by atoms with Crippen LogP contribution in [0, 0.1) is 13.8 Å². The van der Waals surface area contributed by atoms with E-state index < -0.39 is 0 Å². The minimum absolute atomic E-state index is 0.202. The molecular weight excluding hydrogens is 266 g/mol. The van der Waals surface area contributed by atoms with Gasteiger partial charge >= 0.3 is 0 Å². The lowest BCUT2D eigenvalue weighted by Gasteiger charge is -2.09. The molecule has 0 aliphatic carbocycles. The summed E-state index contributed by atoms with van der Waals surface area (Å²) >= 11 is 0. The Labute approximate surface area is 122 Å². The molecule has 0 saturated heterocycles. The van der Waals surface area contributed by atoms with Crippen molar-refractivity contribution in [1.82, 2.24) is 4.98 Å². The third-order valence-electron chi connectivity index (χ3n) is 3.47. The first kappa shape index (κ1) is 13.4. The summed E-state index contributed by atoms with van der Waals surface area (Å²) in [7, 11) is 0. The summed E-state index contributed by atoms with van der Waals surface area (Å²) < 4.78 is 11.2. The highest BCUT2D eigenvalue weighted by Gasteiger charge is 2.10. The quantitative estimate of drug-likeness (QED) is 0.682. The van der Waals surface area contributed by atoms with Gasteiger partial charge in [0.2, 0.25) is 5.89 Å². The molecule has 0 bridgehead atoms. The summed E-state index contributed by atoms with van der Waals surface area (Å²) in [6.45, 7) is 3.95. The third kappa shape index (κ3) is 2.52. The smallest absolute Gasteiger partial charge is 0.232 e. The monoisotopic (exact) mass is 281 g/mol. The Morgan fingerprint density at radius 3 is 2.71 bits per heavy atom. The number of aryl methyl sites for hydroxylation is 2. The SMILES string of the molecule is Cc1nc(COc2ccc3ccccc3c2C=O)oc1C. The van der Waals surface area contributed by atoms with Gasteiger partial charge in [-0.3, -0.25) is 4.79 Å². The van der Waals surface area contributed by atoms with E-state index in [4.69, 9.17) is 9.15 Å².